The van der Waals surface area contributed by atoms with Crippen LogP contribution in [0.3, 0.4) is 0 Å². The van der Waals surface area contributed by atoms with Gasteiger partial charge >= 0.3 is 0 Å². The number of hydrogen-bond acceptors (Lipinski definition) is 5. The molecule has 0 saturated heterocycles. The van der Waals surface area contributed by atoms with E-state index in [-0.39, 0.29) is 11.7 Å². The molecule has 1 heterocycles. The molecule has 1 aliphatic carbocycles. The highest BCUT2D eigenvalue weighted by molar-refractivity contribution is 5.90. The number of rotatable bonds is 5. The molecule has 2 rings (SSSR count). The first-order chi connectivity index (χ1) is 9.20. The minimum atomic E-state index is -0.568. The Balaban J connectivity index is 1.99. The fraction of sp³-hybridized carbons (Fsp3) is 0.615. The third-order valence-electron chi connectivity index (χ3n) is 3.72. The minimum Gasteiger partial charge on any atom is -0.364 e. The number of amides is 1. The van der Waals surface area contributed by atoms with Crippen LogP contribution in [0.15, 0.2) is 12.1 Å². The number of nitrogens with two attached hydrogens (primary N) is 2. The molecule has 6 heteroatoms. The first-order valence-electron chi connectivity index (χ1n) is 6.81. The van der Waals surface area contributed by atoms with Gasteiger partial charge in [0, 0.05) is 12.6 Å². The summed E-state index contributed by atoms with van der Waals surface area (Å²) >= 11 is 0. The number of carbonyl (C=O) groups is 1. The lowest BCUT2D eigenvalue weighted by Gasteiger charge is -2.30. The quantitative estimate of drug-likeness (QED) is 0.731. The van der Waals surface area contributed by atoms with Crippen molar-refractivity contribution in [1.82, 2.24) is 10.2 Å². The van der Waals surface area contributed by atoms with E-state index < -0.39 is 5.91 Å². The topological polar surface area (TPSA) is 107 Å². The molecule has 1 aliphatic rings. The van der Waals surface area contributed by atoms with Crippen LogP contribution >= 0.6 is 0 Å². The van der Waals surface area contributed by atoms with Gasteiger partial charge in [0.1, 0.15) is 5.82 Å². The first-order valence-corrected chi connectivity index (χ1v) is 6.81. The van der Waals surface area contributed by atoms with Gasteiger partial charge in [-0.3, -0.25) is 4.79 Å². The molecule has 5 N–H and O–H groups in total. The van der Waals surface area contributed by atoms with Crippen LogP contribution in [-0.2, 0) is 0 Å². The van der Waals surface area contributed by atoms with Crippen LogP contribution in [0.25, 0.3) is 0 Å². The van der Waals surface area contributed by atoms with Gasteiger partial charge in [-0.15, -0.1) is 10.2 Å². The van der Waals surface area contributed by atoms with E-state index in [0.717, 1.165) is 0 Å². The number of aromatic nitrogens is 2. The summed E-state index contributed by atoms with van der Waals surface area (Å²) in [6.45, 7) is 0.573. The molecular weight excluding hydrogens is 242 g/mol. The van der Waals surface area contributed by atoms with Crippen LogP contribution in [0.2, 0.25) is 0 Å². The van der Waals surface area contributed by atoms with Crippen molar-refractivity contribution >= 4 is 11.7 Å². The van der Waals surface area contributed by atoms with Crippen LogP contribution < -0.4 is 16.8 Å². The van der Waals surface area contributed by atoms with Gasteiger partial charge in [-0.25, -0.2) is 0 Å². The van der Waals surface area contributed by atoms with E-state index in [1.165, 1.54) is 32.1 Å². The zero-order valence-corrected chi connectivity index (χ0v) is 11.0. The fourth-order valence-electron chi connectivity index (χ4n) is 2.64. The summed E-state index contributed by atoms with van der Waals surface area (Å²) in [4.78, 5) is 10.9. The van der Waals surface area contributed by atoms with E-state index in [0.29, 0.717) is 18.3 Å². The van der Waals surface area contributed by atoms with Gasteiger partial charge in [0.25, 0.3) is 5.91 Å². The summed E-state index contributed by atoms with van der Waals surface area (Å²) in [5.41, 5.74) is 11.1. The van der Waals surface area contributed by atoms with E-state index >= 15 is 0 Å². The molecule has 0 spiro atoms. The third-order valence-corrected chi connectivity index (χ3v) is 3.72. The highest BCUT2D eigenvalue weighted by Gasteiger charge is 2.22. The van der Waals surface area contributed by atoms with E-state index in [1.54, 1.807) is 12.1 Å². The van der Waals surface area contributed by atoms with Gasteiger partial charge < -0.3 is 16.8 Å². The van der Waals surface area contributed by atoms with Crippen molar-refractivity contribution in [2.24, 2.45) is 17.4 Å². The lowest BCUT2D eigenvalue weighted by molar-refractivity contribution is 0.0994. The maximum absolute atomic E-state index is 10.9. The Labute approximate surface area is 113 Å². The highest BCUT2D eigenvalue weighted by Crippen LogP contribution is 2.27. The van der Waals surface area contributed by atoms with Crippen LogP contribution in [0.1, 0.15) is 42.6 Å². The molecule has 6 nitrogen and oxygen atoms in total. The molecule has 0 radical (unpaired) electrons. The van der Waals surface area contributed by atoms with Crippen LogP contribution in [0, 0.1) is 5.92 Å². The van der Waals surface area contributed by atoms with Crippen molar-refractivity contribution in [1.29, 1.82) is 0 Å². The van der Waals surface area contributed by atoms with Crippen molar-refractivity contribution in [2.75, 3.05) is 11.9 Å². The molecule has 0 aliphatic heterocycles. The van der Waals surface area contributed by atoms with E-state index in [9.17, 15) is 4.79 Å². The second-order valence-corrected chi connectivity index (χ2v) is 5.05. The normalized spacial score (nSPS) is 17.9. The molecule has 1 amide bonds. The smallest absolute Gasteiger partial charge is 0.269 e. The molecule has 0 bridgehead atoms. The largest absolute Gasteiger partial charge is 0.364 e. The number of primary amides is 1. The average molecular weight is 263 g/mol. The average Bonchev–Trinajstić information content (AvgIpc) is 2.46. The highest BCUT2D eigenvalue weighted by atomic mass is 16.1. The predicted molar refractivity (Wildman–Crippen MR) is 73.6 cm³/mol. The summed E-state index contributed by atoms with van der Waals surface area (Å²) in [5, 5.41) is 11.1. The standard InChI is InChI=1S/C13H21N5O/c14-8-11(9-4-2-1-3-5-9)16-12-7-6-10(13(15)19)17-18-12/h6-7,9,11H,1-5,8,14H2,(H2,15,19)(H,16,18). The molecule has 1 atom stereocenters. The molecule has 1 fully saturated rings. The summed E-state index contributed by atoms with van der Waals surface area (Å²) in [6.07, 6.45) is 6.29. The molecular formula is C13H21N5O. The van der Waals surface area contributed by atoms with Crippen molar-refractivity contribution in [2.45, 2.75) is 38.1 Å². The van der Waals surface area contributed by atoms with E-state index in [1.807, 2.05) is 0 Å². The molecule has 1 unspecified atom stereocenters. The Hall–Kier alpha value is -1.69. The van der Waals surface area contributed by atoms with Crippen molar-refractivity contribution in [3.8, 4) is 0 Å². The first kappa shape index (κ1) is 13.7. The maximum atomic E-state index is 10.9. The number of carbonyl (C=O) groups excluding carboxylic acids is 1. The van der Waals surface area contributed by atoms with Crippen molar-refractivity contribution < 1.29 is 4.79 Å². The Morgan fingerprint density at radius 2 is 2.05 bits per heavy atom. The molecule has 1 aromatic heterocycles. The van der Waals surface area contributed by atoms with Gasteiger partial charge in [0.05, 0.1) is 0 Å². The van der Waals surface area contributed by atoms with Crippen LogP contribution in [0.4, 0.5) is 5.82 Å². The summed E-state index contributed by atoms with van der Waals surface area (Å²) in [7, 11) is 0. The molecule has 0 aromatic carbocycles. The molecule has 1 aromatic rings. The molecule has 1 saturated carbocycles. The lowest BCUT2D eigenvalue weighted by Crippen LogP contribution is -2.37. The Kier molecular flexibility index (Phi) is 4.68. The number of nitrogens with one attached hydrogen (secondary N) is 1. The third kappa shape index (κ3) is 3.64. The summed E-state index contributed by atoms with van der Waals surface area (Å²) in [5.74, 6) is 0.670. The summed E-state index contributed by atoms with van der Waals surface area (Å²) < 4.78 is 0. The second kappa shape index (κ2) is 6.47. The maximum Gasteiger partial charge on any atom is 0.269 e. The van der Waals surface area contributed by atoms with Crippen LogP contribution in [0.5, 0.6) is 0 Å². The fourth-order valence-corrected chi connectivity index (χ4v) is 2.64. The summed E-state index contributed by atoms with van der Waals surface area (Å²) in [6, 6.07) is 3.51. The van der Waals surface area contributed by atoms with Crippen LogP contribution in [-0.4, -0.2) is 28.7 Å². The monoisotopic (exact) mass is 263 g/mol. The van der Waals surface area contributed by atoms with Crippen molar-refractivity contribution in [3.63, 3.8) is 0 Å². The minimum absolute atomic E-state index is 0.174. The number of nitrogens with zero attached hydrogens (tertiary/aromatic N) is 2. The van der Waals surface area contributed by atoms with Gasteiger partial charge in [-0.2, -0.15) is 0 Å². The zero-order chi connectivity index (χ0) is 13.7. The second-order valence-electron chi connectivity index (χ2n) is 5.05. The molecule has 104 valence electrons. The van der Waals surface area contributed by atoms with E-state index in [2.05, 4.69) is 15.5 Å². The van der Waals surface area contributed by atoms with Crippen molar-refractivity contribution in [3.05, 3.63) is 17.8 Å². The Bertz CT molecular complexity index is 414. The Morgan fingerprint density at radius 1 is 1.32 bits per heavy atom. The molecule has 19 heavy (non-hydrogen) atoms. The zero-order valence-electron chi connectivity index (χ0n) is 11.0. The lowest BCUT2D eigenvalue weighted by atomic mass is 9.84. The van der Waals surface area contributed by atoms with Gasteiger partial charge in [0.2, 0.25) is 0 Å². The Morgan fingerprint density at radius 3 is 2.58 bits per heavy atom. The SMILES string of the molecule is NCC(Nc1ccc(C(N)=O)nn1)C1CCCCC1. The number of hydrogen-bond donors (Lipinski definition) is 3. The number of anilines is 1. The van der Waals surface area contributed by atoms with Gasteiger partial charge in [-0.1, -0.05) is 19.3 Å². The van der Waals surface area contributed by atoms with Gasteiger partial charge in [-0.05, 0) is 30.9 Å². The van der Waals surface area contributed by atoms with Gasteiger partial charge in [0.15, 0.2) is 5.69 Å². The van der Waals surface area contributed by atoms with E-state index in [4.69, 9.17) is 11.5 Å². The predicted octanol–water partition coefficient (Wildman–Crippen LogP) is 0.895.